The number of carbonyl (C=O) groups excluding carboxylic acids is 1. The Morgan fingerprint density at radius 1 is 1.54 bits per heavy atom. The van der Waals surface area contributed by atoms with Crippen LogP contribution in [0.15, 0.2) is 24.3 Å². The number of alkyl halides is 1. The fourth-order valence-electron chi connectivity index (χ4n) is 2.36. The predicted octanol–water partition coefficient (Wildman–Crippen LogP) is 2.00. The topological polar surface area (TPSA) is 122 Å². The van der Waals surface area contributed by atoms with Crippen LogP contribution in [0.3, 0.4) is 0 Å². The van der Waals surface area contributed by atoms with Crippen LogP contribution in [0.2, 0.25) is 0 Å². The summed E-state index contributed by atoms with van der Waals surface area (Å²) in [5.74, 6) is 0.284. The Balaban J connectivity index is 1.79. The molecule has 1 aromatic carbocycles. The molecule has 1 fully saturated rings. The zero-order chi connectivity index (χ0) is 18.8. The molecule has 3 rings (SSSR count). The summed E-state index contributed by atoms with van der Waals surface area (Å²) in [7, 11) is 1.57. The van der Waals surface area contributed by atoms with Gasteiger partial charge in [0, 0.05) is 13.1 Å². The molecule has 0 spiro atoms. The number of β-amino-alcohol motifs (C(OH)–C–C–N with tert-alkyl or cyclic N) is 1. The number of benzene rings is 1. The molecule has 1 aliphatic heterocycles. The van der Waals surface area contributed by atoms with Crippen molar-refractivity contribution in [3.8, 4) is 5.75 Å². The second kappa shape index (κ2) is 7.40. The number of aliphatic hydroxyl groups excluding tert-OH is 1. The molecule has 2 aromatic rings. The molecule has 2 heterocycles. The highest BCUT2D eigenvalue weighted by atomic mass is 35.5. The van der Waals surface area contributed by atoms with Gasteiger partial charge in [0.2, 0.25) is 5.13 Å². The smallest absolute Gasteiger partial charge is 0.328 e. The van der Waals surface area contributed by atoms with E-state index in [2.05, 4.69) is 10.2 Å². The second-order valence-electron chi connectivity index (χ2n) is 5.45. The third kappa shape index (κ3) is 3.54. The summed E-state index contributed by atoms with van der Waals surface area (Å²) in [6.45, 7) is 0.164. The minimum absolute atomic E-state index is 0.0216. The quantitative estimate of drug-likeness (QED) is 0.447. The van der Waals surface area contributed by atoms with Crippen LogP contribution >= 0.6 is 22.9 Å². The number of nitro benzene ring substituents is 1. The van der Waals surface area contributed by atoms with E-state index in [-0.39, 0.29) is 35.0 Å². The summed E-state index contributed by atoms with van der Waals surface area (Å²) in [5, 5.41) is 29.4. The van der Waals surface area contributed by atoms with E-state index >= 15 is 0 Å². The third-order valence-electron chi connectivity index (χ3n) is 3.63. The fraction of sp³-hybridized carbons (Fsp3) is 0.357. The molecule has 1 aliphatic rings. The van der Waals surface area contributed by atoms with Crippen molar-refractivity contribution in [2.45, 2.75) is 12.3 Å². The maximum absolute atomic E-state index is 12.1. The standard InChI is InChI=1S/C14H14ClN5O5S/c1-18-7-11(21)19(14(18)22)13-17-16-12(26-13)10(6-15)25-9-4-2-3-8(5-9)20(23)24/h2-5,10-11,21H,6-7H2,1H3. The van der Waals surface area contributed by atoms with Gasteiger partial charge in [0.15, 0.2) is 17.3 Å². The summed E-state index contributed by atoms with van der Waals surface area (Å²) >= 11 is 7.00. The van der Waals surface area contributed by atoms with E-state index in [9.17, 15) is 20.0 Å². The average Bonchev–Trinajstić information content (AvgIpc) is 3.18. The molecule has 0 saturated carbocycles. The molecule has 2 amide bonds. The van der Waals surface area contributed by atoms with Crippen LogP contribution in [0.4, 0.5) is 15.6 Å². The van der Waals surface area contributed by atoms with Crippen LogP contribution in [-0.2, 0) is 0 Å². The number of amides is 2. The molecule has 2 unspecified atom stereocenters. The normalized spacial score (nSPS) is 18.3. The van der Waals surface area contributed by atoms with Gasteiger partial charge in [-0.2, -0.15) is 0 Å². The molecule has 0 bridgehead atoms. The number of aromatic nitrogens is 2. The summed E-state index contributed by atoms with van der Waals surface area (Å²) in [6, 6.07) is 5.31. The van der Waals surface area contributed by atoms with Gasteiger partial charge in [0.25, 0.3) is 5.69 Å². The van der Waals surface area contributed by atoms with E-state index in [1.54, 1.807) is 13.1 Å². The minimum atomic E-state index is -1.01. The van der Waals surface area contributed by atoms with Crippen LogP contribution in [0.5, 0.6) is 5.75 Å². The van der Waals surface area contributed by atoms with E-state index < -0.39 is 17.3 Å². The molecule has 26 heavy (non-hydrogen) atoms. The molecule has 2 atom stereocenters. The van der Waals surface area contributed by atoms with Crippen LogP contribution < -0.4 is 9.64 Å². The molecule has 12 heteroatoms. The number of carbonyl (C=O) groups is 1. The summed E-state index contributed by atoms with van der Waals surface area (Å²) in [5.41, 5.74) is -0.109. The van der Waals surface area contributed by atoms with Gasteiger partial charge >= 0.3 is 6.03 Å². The number of rotatable bonds is 6. The predicted molar refractivity (Wildman–Crippen MR) is 93.6 cm³/mol. The number of anilines is 1. The maximum Gasteiger partial charge on any atom is 0.328 e. The number of aliphatic hydroxyl groups is 1. The SMILES string of the molecule is CN1CC(O)N(c2nnc(C(CCl)Oc3cccc([N+](=O)[O-])c3)s2)C1=O. The first-order valence-electron chi connectivity index (χ1n) is 7.43. The number of hydrogen-bond acceptors (Lipinski definition) is 8. The first-order valence-corrected chi connectivity index (χ1v) is 8.78. The van der Waals surface area contributed by atoms with E-state index in [1.807, 2.05) is 0 Å². The van der Waals surface area contributed by atoms with E-state index in [0.717, 1.165) is 16.2 Å². The Hall–Kier alpha value is -2.50. The van der Waals surface area contributed by atoms with Gasteiger partial charge < -0.3 is 14.7 Å². The fourth-order valence-corrected chi connectivity index (χ4v) is 3.57. The average molecular weight is 400 g/mol. The van der Waals surface area contributed by atoms with Gasteiger partial charge in [-0.05, 0) is 6.07 Å². The van der Waals surface area contributed by atoms with Crippen molar-refractivity contribution < 1.29 is 19.6 Å². The summed E-state index contributed by atoms with van der Waals surface area (Å²) in [6.07, 6.45) is -1.72. The summed E-state index contributed by atoms with van der Waals surface area (Å²) < 4.78 is 5.69. The maximum atomic E-state index is 12.1. The first kappa shape index (κ1) is 18.3. The van der Waals surface area contributed by atoms with Crippen molar-refractivity contribution in [2.75, 3.05) is 24.4 Å². The van der Waals surface area contributed by atoms with Crippen molar-refractivity contribution in [3.63, 3.8) is 0 Å². The highest BCUT2D eigenvalue weighted by Gasteiger charge is 2.37. The highest BCUT2D eigenvalue weighted by Crippen LogP contribution is 2.32. The first-order chi connectivity index (χ1) is 12.4. The molecular weight excluding hydrogens is 386 g/mol. The molecule has 1 saturated heterocycles. The van der Waals surface area contributed by atoms with Gasteiger partial charge in [0.1, 0.15) is 5.75 Å². The Bertz CT molecular complexity index is 834. The molecule has 10 nitrogen and oxygen atoms in total. The lowest BCUT2D eigenvalue weighted by Gasteiger charge is -2.15. The largest absolute Gasteiger partial charge is 0.482 e. The van der Waals surface area contributed by atoms with Crippen LogP contribution in [0, 0.1) is 10.1 Å². The molecule has 1 N–H and O–H groups in total. The zero-order valence-electron chi connectivity index (χ0n) is 13.5. The van der Waals surface area contributed by atoms with Gasteiger partial charge in [-0.1, -0.05) is 17.4 Å². The molecule has 1 aromatic heterocycles. The van der Waals surface area contributed by atoms with Crippen molar-refractivity contribution in [1.29, 1.82) is 0 Å². The van der Waals surface area contributed by atoms with Crippen molar-refractivity contribution in [1.82, 2.24) is 15.1 Å². The second-order valence-corrected chi connectivity index (χ2v) is 6.75. The van der Waals surface area contributed by atoms with Crippen LogP contribution in [-0.4, -0.2) is 56.9 Å². The van der Waals surface area contributed by atoms with E-state index in [1.165, 1.54) is 23.1 Å². The van der Waals surface area contributed by atoms with Gasteiger partial charge in [-0.15, -0.1) is 21.8 Å². The Labute approximate surface area is 156 Å². The number of hydrogen-bond donors (Lipinski definition) is 1. The third-order valence-corrected chi connectivity index (χ3v) is 4.92. The molecule has 0 aliphatic carbocycles. The number of nitro groups is 1. The Kier molecular flexibility index (Phi) is 5.20. The molecule has 138 valence electrons. The lowest BCUT2D eigenvalue weighted by atomic mass is 10.3. The monoisotopic (exact) mass is 399 g/mol. The number of likely N-dealkylation sites (N-methyl/N-ethyl adjacent to an activating group) is 1. The van der Waals surface area contributed by atoms with Crippen LogP contribution in [0.25, 0.3) is 0 Å². The summed E-state index contributed by atoms with van der Waals surface area (Å²) in [4.78, 5) is 24.9. The minimum Gasteiger partial charge on any atom is -0.482 e. The number of nitrogens with zero attached hydrogens (tertiary/aromatic N) is 5. The molecule has 0 radical (unpaired) electrons. The van der Waals surface area contributed by atoms with Gasteiger partial charge in [-0.3, -0.25) is 10.1 Å². The Morgan fingerprint density at radius 2 is 2.31 bits per heavy atom. The number of halogens is 1. The van der Waals surface area contributed by atoms with E-state index in [4.69, 9.17) is 16.3 Å². The van der Waals surface area contributed by atoms with Crippen molar-refractivity contribution in [3.05, 3.63) is 39.4 Å². The van der Waals surface area contributed by atoms with Crippen LogP contribution in [0.1, 0.15) is 11.1 Å². The van der Waals surface area contributed by atoms with Crippen molar-refractivity contribution in [2.24, 2.45) is 0 Å². The number of urea groups is 1. The zero-order valence-corrected chi connectivity index (χ0v) is 15.1. The lowest BCUT2D eigenvalue weighted by molar-refractivity contribution is -0.384. The number of non-ortho nitro benzene ring substituents is 1. The van der Waals surface area contributed by atoms with Gasteiger partial charge in [-0.25, -0.2) is 9.69 Å². The van der Waals surface area contributed by atoms with Gasteiger partial charge in [0.05, 0.1) is 23.4 Å². The molecular formula is C14H14ClN5O5S. The van der Waals surface area contributed by atoms with E-state index in [0.29, 0.717) is 5.01 Å². The highest BCUT2D eigenvalue weighted by molar-refractivity contribution is 7.15. The van der Waals surface area contributed by atoms with Crippen molar-refractivity contribution >= 4 is 39.8 Å². The lowest BCUT2D eigenvalue weighted by Crippen LogP contribution is -2.34. The number of ether oxygens (including phenoxy) is 1. The Morgan fingerprint density at radius 3 is 2.92 bits per heavy atom.